The highest BCUT2D eigenvalue weighted by Gasteiger charge is 2.33. The van der Waals surface area contributed by atoms with Gasteiger partial charge in [-0.25, -0.2) is 4.79 Å². The Balaban J connectivity index is 1.49. The van der Waals surface area contributed by atoms with Gasteiger partial charge < -0.3 is 19.9 Å². The van der Waals surface area contributed by atoms with Gasteiger partial charge >= 0.3 is 6.03 Å². The summed E-state index contributed by atoms with van der Waals surface area (Å²) < 4.78 is 6.08. The fourth-order valence-corrected chi connectivity index (χ4v) is 5.51. The number of thiophene rings is 1. The highest BCUT2D eigenvalue weighted by molar-refractivity contribution is 7.10. The standard InChI is InChI=1S/C28H31Cl2N3O3S/c1-19(2)10-13-32(28(35)31-22-5-3-4-21(30)16-22)17-27(34)33-14-11-26-24(12-15-37-26)25(33)18-36-23-8-6-20(29)7-9-23/h3-9,12,15-16,19,25H,10-11,13-14,17-18H2,1-2H3,(H,31,35)/t25-/m1/s1. The fraction of sp³-hybridized carbons (Fsp3) is 0.357. The summed E-state index contributed by atoms with van der Waals surface area (Å²) in [6.45, 7) is 5.55. The van der Waals surface area contributed by atoms with Crippen LogP contribution in [0.3, 0.4) is 0 Å². The molecule has 1 aliphatic rings. The summed E-state index contributed by atoms with van der Waals surface area (Å²) >= 11 is 13.8. The molecular formula is C28H31Cl2N3O3S. The predicted molar refractivity (Wildman–Crippen MR) is 151 cm³/mol. The Bertz CT molecular complexity index is 1220. The van der Waals surface area contributed by atoms with Gasteiger partial charge in [-0.3, -0.25) is 4.79 Å². The monoisotopic (exact) mass is 559 g/mol. The zero-order valence-electron chi connectivity index (χ0n) is 21.0. The van der Waals surface area contributed by atoms with Gasteiger partial charge in [-0.2, -0.15) is 0 Å². The molecule has 0 unspecified atom stereocenters. The van der Waals surface area contributed by atoms with Crippen LogP contribution in [0.2, 0.25) is 10.0 Å². The van der Waals surface area contributed by atoms with Gasteiger partial charge in [0.25, 0.3) is 0 Å². The largest absolute Gasteiger partial charge is 0.491 e. The number of fused-ring (bicyclic) bond motifs is 1. The van der Waals surface area contributed by atoms with E-state index in [9.17, 15) is 9.59 Å². The van der Waals surface area contributed by atoms with E-state index >= 15 is 0 Å². The Morgan fingerprint density at radius 2 is 1.92 bits per heavy atom. The van der Waals surface area contributed by atoms with Gasteiger partial charge in [0.05, 0.1) is 6.04 Å². The molecule has 2 heterocycles. The number of nitrogens with zero attached hydrogens (tertiary/aromatic N) is 2. The van der Waals surface area contributed by atoms with Crippen molar-refractivity contribution in [2.24, 2.45) is 5.92 Å². The highest BCUT2D eigenvalue weighted by atomic mass is 35.5. The lowest BCUT2D eigenvalue weighted by Gasteiger charge is -2.37. The number of urea groups is 1. The van der Waals surface area contributed by atoms with Gasteiger partial charge in [0.15, 0.2) is 0 Å². The molecule has 2 aromatic carbocycles. The van der Waals surface area contributed by atoms with Crippen LogP contribution in [-0.2, 0) is 11.2 Å². The molecule has 3 amide bonds. The number of benzene rings is 2. The van der Waals surface area contributed by atoms with E-state index in [4.69, 9.17) is 27.9 Å². The lowest BCUT2D eigenvalue weighted by atomic mass is 10.0. The molecule has 0 bridgehead atoms. The van der Waals surface area contributed by atoms with Crippen molar-refractivity contribution in [3.63, 3.8) is 0 Å². The molecule has 1 N–H and O–H groups in total. The number of rotatable bonds is 9. The number of carbonyl (C=O) groups excluding carboxylic acids is 2. The molecule has 0 aliphatic carbocycles. The Hall–Kier alpha value is -2.74. The molecule has 6 nitrogen and oxygen atoms in total. The zero-order chi connectivity index (χ0) is 26.4. The quantitative estimate of drug-likeness (QED) is 0.303. The first-order valence-electron chi connectivity index (χ1n) is 12.4. The maximum absolute atomic E-state index is 13.7. The van der Waals surface area contributed by atoms with Crippen LogP contribution in [-0.4, -0.2) is 48.0 Å². The van der Waals surface area contributed by atoms with Gasteiger partial charge in [-0.1, -0.05) is 43.1 Å². The van der Waals surface area contributed by atoms with Crippen LogP contribution in [0.15, 0.2) is 60.0 Å². The molecule has 0 fully saturated rings. The second-order valence-corrected chi connectivity index (χ2v) is 11.3. The summed E-state index contributed by atoms with van der Waals surface area (Å²) in [6.07, 6.45) is 1.57. The Kier molecular flexibility index (Phi) is 9.35. The fourth-order valence-electron chi connectivity index (χ4n) is 4.27. The van der Waals surface area contributed by atoms with E-state index in [1.165, 1.54) is 4.88 Å². The van der Waals surface area contributed by atoms with Gasteiger partial charge in [-0.05, 0) is 78.2 Å². The van der Waals surface area contributed by atoms with Crippen LogP contribution in [0.4, 0.5) is 10.5 Å². The molecule has 1 aromatic heterocycles. The number of nitrogens with one attached hydrogen (secondary N) is 1. The molecule has 0 saturated carbocycles. The van der Waals surface area contributed by atoms with Crippen molar-refractivity contribution in [2.45, 2.75) is 32.7 Å². The minimum Gasteiger partial charge on any atom is -0.491 e. The van der Waals surface area contributed by atoms with E-state index in [0.717, 1.165) is 18.4 Å². The normalized spacial score (nSPS) is 14.8. The number of anilines is 1. The number of hydrogen-bond acceptors (Lipinski definition) is 4. The van der Waals surface area contributed by atoms with Crippen molar-refractivity contribution >= 4 is 52.2 Å². The summed E-state index contributed by atoms with van der Waals surface area (Å²) in [6, 6.07) is 15.7. The first-order chi connectivity index (χ1) is 17.8. The third-order valence-corrected chi connectivity index (χ3v) is 7.79. The van der Waals surface area contributed by atoms with Crippen molar-refractivity contribution in [3.8, 4) is 5.75 Å². The molecule has 37 heavy (non-hydrogen) atoms. The lowest BCUT2D eigenvalue weighted by Crippen LogP contribution is -2.49. The minimum absolute atomic E-state index is 0.0178. The Labute approximate surface area is 232 Å². The molecule has 3 aromatic rings. The molecule has 1 atom stereocenters. The lowest BCUT2D eigenvalue weighted by molar-refractivity contribution is -0.135. The topological polar surface area (TPSA) is 61.9 Å². The first kappa shape index (κ1) is 27.3. The molecule has 1 aliphatic heterocycles. The number of amides is 3. The molecule has 196 valence electrons. The van der Waals surface area contributed by atoms with E-state index in [1.54, 1.807) is 52.6 Å². The number of ether oxygens (including phenoxy) is 1. The number of hydrogen-bond donors (Lipinski definition) is 1. The van der Waals surface area contributed by atoms with Crippen LogP contribution in [0.25, 0.3) is 0 Å². The third kappa shape index (κ3) is 7.40. The van der Waals surface area contributed by atoms with Gasteiger partial charge in [-0.15, -0.1) is 11.3 Å². The van der Waals surface area contributed by atoms with Crippen molar-refractivity contribution in [1.82, 2.24) is 9.80 Å². The van der Waals surface area contributed by atoms with Gasteiger partial charge in [0.2, 0.25) is 5.91 Å². The molecule has 9 heteroatoms. The Morgan fingerprint density at radius 3 is 2.65 bits per heavy atom. The molecule has 0 saturated heterocycles. The Morgan fingerprint density at radius 1 is 1.14 bits per heavy atom. The summed E-state index contributed by atoms with van der Waals surface area (Å²) in [4.78, 5) is 31.6. The van der Waals surface area contributed by atoms with Crippen molar-refractivity contribution in [2.75, 3.05) is 31.6 Å². The van der Waals surface area contributed by atoms with Crippen LogP contribution in [0, 0.1) is 5.92 Å². The van der Waals surface area contributed by atoms with Crippen molar-refractivity contribution in [3.05, 3.63) is 80.5 Å². The minimum atomic E-state index is -0.321. The van der Waals surface area contributed by atoms with E-state index in [2.05, 4.69) is 30.6 Å². The average Bonchev–Trinajstić information content (AvgIpc) is 3.35. The third-order valence-electron chi connectivity index (χ3n) is 6.30. The van der Waals surface area contributed by atoms with Gasteiger partial charge in [0.1, 0.15) is 18.9 Å². The summed E-state index contributed by atoms with van der Waals surface area (Å²) in [5.74, 6) is 0.977. The highest BCUT2D eigenvalue weighted by Crippen LogP contribution is 2.34. The second kappa shape index (κ2) is 12.7. The van der Waals surface area contributed by atoms with Crippen LogP contribution in [0.5, 0.6) is 5.75 Å². The maximum atomic E-state index is 13.7. The molecular weight excluding hydrogens is 529 g/mol. The van der Waals surface area contributed by atoms with E-state index in [1.807, 2.05) is 17.0 Å². The van der Waals surface area contributed by atoms with Crippen LogP contribution >= 0.6 is 34.5 Å². The van der Waals surface area contributed by atoms with Crippen LogP contribution in [0.1, 0.15) is 36.8 Å². The first-order valence-corrected chi connectivity index (χ1v) is 14.0. The maximum Gasteiger partial charge on any atom is 0.322 e. The van der Waals surface area contributed by atoms with Crippen LogP contribution < -0.4 is 10.1 Å². The van der Waals surface area contributed by atoms with Gasteiger partial charge in [0, 0.05) is 33.7 Å². The summed E-state index contributed by atoms with van der Waals surface area (Å²) in [5, 5.41) is 6.12. The molecule has 4 rings (SSSR count). The van der Waals surface area contributed by atoms with E-state index < -0.39 is 0 Å². The summed E-state index contributed by atoms with van der Waals surface area (Å²) in [7, 11) is 0. The summed E-state index contributed by atoms with van der Waals surface area (Å²) in [5.41, 5.74) is 1.70. The van der Waals surface area contributed by atoms with E-state index in [-0.39, 0.29) is 24.5 Å². The van der Waals surface area contributed by atoms with E-state index in [0.29, 0.717) is 47.1 Å². The number of halogens is 2. The smallest absolute Gasteiger partial charge is 0.322 e. The van der Waals surface area contributed by atoms with Crippen molar-refractivity contribution < 1.29 is 14.3 Å². The van der Waals surface area contributed by atoms with Crippen molar-refractivity contribution in [1.29, 1.82) is 0 Å². The average molecular weight is 561 g/mol. The number of carbonyl (C=O) groups is 2. The predicted octanol–water partition coefficient (Wildman–Crippen LogP) is 7.14. The SMILES string of the molecule is CC(C)CCN(CC(=O)N1CCc2sccc2[C@H]1COc1ccc(Cl)cc1)C(=O)Nc1cccc(Cl)c1. The molecule has 0 radical (unpaired) electrons. The zero-order valence-corrected chi connectivity index (χ0v) is 23.3. The second-order valence-electron chi connectivity index (χ2n) is 9.46. The molecule has 0 spiro atoms.